The summed E-state index contributed by atoms with van der Waals surface area (Å²) in [6.45, 7) is 5.70. The van der Waals surface area contributed by atoms with E-state index in [2.05, 4.69) is 39.3 Å². The van der Waals surface area contributed by atoms with E-state index in [0.717, 1.165) is 34.7 Å². The van der Waals surface area contributed by atoms with E-state index in [9.17, 15) is 0 Å². The van der Waals surface area contributed by atoms with Gasteiger partial charge in [-0.05, 0) is 38.1 Å². The number of nitrogens with zero attached hydrogens (tertiary/aromatic N) is 2. The van der Waals surface area contributed by atoms with E-state index in [1.807, 2.05) is 29.8 Å². The number of ether oxygens (including phenoxy) is 1. The Hall–Kier alpha value is -1.49. The van der Waals surface area contributed by atoms with Crippen LogP contribution in [0.25, 0.3) is 0 Å². The first-order valence-corrected chi connectivity index (χ1v) is 7.04. The van der Waals surface area contributed by atoms with E-state index in [-0.39, 0.29) is 0 Å². The number of halogens is 1. The van der Waals surface area contributed by atoms with E-state index < -0.39 is 0 Å². The van der Waals surface area contributed by atoms with Gasteiger partial charge in [-0.2, -0.15) is 5.10 Å². The summed E-state index contributed by atoms with van der Waals surface area (Å²) in [6, 6.07) is 8.01. The summed E-state index contributed by atoms with van der Waals surface area (Å²) in [5, 5.41) is 7.83. The zero-order chi connectivity index (χ0) is 13.8. The largest absolute Gasteiger partial charge is 0.495 e. The molecule has 2 rings (SSSR count). The SMILES string of the molecule is CCn1nc(C)cc1CNc1cc(Br)ccc1OC. The Morgan fingerprint density at radius 3 is 2.84 bits per heavy atom. The van der Waals surface area contributed by atoms with Crippen LogP contribution in [0.15, 0.2) is 28.7 Å². The minimum atomic E-state index is 0.724. The predicted octanol–water partition coefficient (Wildman–Crippen LogP) is 3.59. The third kappa shape index (κ3) is 3.29. The Morgan fingerprint density at radius 1 is 1.37 bits per heavy atom. The summed E-state index contributed by atoms with van der Waals surface area (Å²) in [6.07, 6.45) is 0. The van der Waals surface area contributed by atoms with Crippen molar-refractivity contribution in [3.05, 3.63) is 40.1 Å². The number of rotatable bonds is 5. The van der Waals surface area contributed by atoms with E-state index in [1.165, 1.54) is 5.69 Å². The molecule has 0 atom stereocenters. The lowest BCUT2D eigenvalue weighted by Gasteiger charge is -2.12. The van der Waals surface area contributed by atoms with E-state index >= 15 is 0 Å². The molecule has 5 heteroatoms. The lowest BCUT2D eigenvalue weighted by Crippen LogP contribution is -2.08. The fraction of sp³-hybridized carbons (Fsp3) is 0.357. The Bertz CT molecular complexity index is 566. The number of hydrogen-bond donors (Lipinski definition) is 1. The summed E-state index contributed by atoms with van der Waals surface area (Å²) < 4.78 is 8.38. The minimum Gasteiger partial charge on any atom is -0.495 e. The van der Waals surface area contributed by atoms with Gasteiger partial charge >= 0.3 is 0 Å². The monoisotopic (exact) mass is 323 g/mol. The second-order valence-corrected chi connectivity index (χ2v) is 5.21. The molecule has 0 aliphatic rings. The molecule has 0 amide bonds. The van der Waals surface area contributed by atoms with Crippen LogP contribution in [0.1, 0.15) is 18.3 Å². The fourth-order valence-corrected chi connectivity index (χ4v) is 2.38. The molecule has 1 N–H and O–H groups in total. The lowest BCUT2D eigenvalue weighted by atomic mass is 10.2. The first-order valence-electron chi connectivity index (χ1n) is 6.24. The molecule has 0 radical (unpaired) electrons. The molecule has 4 nitrogen and oxygen atoms in total. The second-order valence-electron chi connectivity index (χ2n) is 4.29. The van der Waals surface area contributed by atoms with Gasteiger partial charge in [0.15, 0.2) is 0 Å². The maximum absolute atomic E-state index is 5.34. The molecule has 1 heterocycles. The minimum absolute atomic E-state index is 0.724. The normalized spacial score (nSPS) is 10.5. The van der Waals surface area contributed by atoms with Gasteiger partial charge in [0.25, 0.3) is 0 Å². The number of anilines is 1. The van der Waals surface area contributed by atoms with E-state index in [0.29, 0.717) is 0 Å². The topological polar surface area (TPSA) is 39.1 Å². The Balaban J connectivity index is 2.15. The summed E-state index contributed by atoms with van der Waals surface area (Å²) in [4.78, 5) is 0. The van der Waals surface area contributed by atoms with E-state index in [1.54, 1.807) is 7.11 Å². The van der Waals surface area contributed by atoms with Gasteiger partial charge in [-0.3, -0.25) is 4.68 Å². The van der Waals surface area contributed by atoms with Gasteiger partial charge in [0.05, 0.1) is 30.7 Å². The number of nitrogens with one attached hydrogen (secondary N) is 1. The van der Waals surface area contributed by atoms with Gasteiger partial charge in [-0.15, -0.1) is 0 Å². The number of benzene rings is 1. The van der Waals surface area contributed by atoms with Crippen LogP contribution in [0.4, 0.5) is 5.69 Å². The van der Waals surface area contributed by atoms with Crippen molar-refractivity contribution in [1.29, 1.82) is 0 Å². The first-order chi connectivity index (χ1) is 9.13. The van der Waals surface area contributed by atoms with Crippen LogP contribution in [-0.2, 0) is 13.1 Å². The van der Waals surface area contributed by atoms with E-state index in [4.69, 9.17) is 4.74 Å². The molecule has 0 saturated carbocycles. The van der Waals surface area contributed by atoms with Crippen molar-refractivity contribution >= 4 is 21.6 Å². The summed E-state index contributed by atoms with van der Waals surface area (Å²) in [7, 11) is 1.68. The Kier molecular flexibility index (Phi) is 4.47. The van der Waals surface area contributed by atoms with Crippen molar-refractivity contribution in [1.82, 2.24) is 9.78 Å². The van der Waals surface area contributed by atoms with Gasteiger partial charge in [0, 0.05) is 11.0 Å². The summed E-state index contributed by atoms with van der Waals surface area (Å²) >= 11 is 3.47. The van der Waals surface area contributed by atoms with Crippen LogP contribution in [0.3, 0.4) is 0 Å². The van der Waals surface area contributed by atoms with Crippen LogP contribution in [0.5, 0.6) is 5.75 Å². The molecule has 0 fully saturated rings. The van der Waals surface area contributed by atoms with Gasteiger partial charge in [0.2, 0.25) is 0 Å². The molecule has 2 aromatic rings. The lowest BCUT2D eigenvalue weighted by molar-refractivity contribution is 0.416. The van der Waals surface area contributed by atoms with Crippen molar-refractivity contribution in [2.45, 2.75) is 26.9 Å². The molecule has 0 unspecified atom stereocenters. The highest BCUT2D eigenvalue weighted by molar-refractivity contribution is 9.10. The smallest absolute Gasteiger partial charge is 0.142 e. The average molecular weight is 324 g/mol. The summed E-state index contributed by atoms with van der Waals surface area (Å²) in [5.41, 5.74) is 3.18. The molecular weight excluding hydrogens is 306 g/mol. The third-order valence-corrected chi connectivity index (χ3v) is 3.40. The molecule has 1 aromatic heterocycles. The molecule has 102 valence electrons. The molecule has 0 aliphatic heterocycles. The van der Waals surface area contributed by atoms with Crippen molar-refractivity contribution in [3.8, 4) is 5.75 Å². The van der Waals surface area contributed by atoms with Crippen LogP contribution in [0.2, 0.25) is 0 Å². The van der Waals surface area contributed by atoms with Crippen LogP contribution < -0.4 is 10.1 Å². The maximum atomic E-state index is 5.34. The van der Waals surface area contributed by atoms with Crippen molar-refractivity contribution in [3.63, 3.8) is 0 Å². The zero-order valence-corrected chi connectivity index (χ0v) is 13.0. The van der Waals surface area contributed by atoms with Gasteiger partial charge in [-0.25, -0.2) is 0 Å². The highest BCUT2D eigenvalue weighted by atomic mass is 79.9. The highest BCUT2D eigenvalue weighted by Crippen LogP contribution is 2.28. The van der Waals surface area contributed by atoms with Gasteiger partial charge in [0.1, 0.15) is 5.75 Å². The third-order valence-electron chi connectivity index (χ3n) is 2.91. The quantitative estimate of drug-likeness (QED) is 0.913. The standard InChI is InChI=1S/C14H18BrN3O/c1-4-18-12(7-10(2)17-18)9-16-13-8-11(15)5-6-14(13)19-3/h5-8,16H,4,9H2,1-3H3. The number of methoxy groups -OCH3 is 1. The molecule has 0 saturated heterocycles. The molecule has 0 bridgehead atoms. The fourth-order valence-electron chi connectivity index (χ4n) is 2.02. The van der Waals surface area contributed by atoms with Gasteiger partial charge in [-0.1, -0.05) is 15.9 Å². The molecule has 0 spiro atoms. The highest BCUT2D eigenvalue weighted by Gasteiger charge is 2.07. The Labute approximate surface area is 121 Å². The van der Waals surface area contributed by atoms with Crippen molar-refractivity contribution < 1.29 is 4.74 Å². The number of hydrogen-bond acceptors (Lipinski definition) is 3. The van der Waals surface area contributed by atoms with Crippen molar-refractivity contribution in [2.24, 2.45) is 0 Å². The maximum Gasteiger partial charge on any atom is 0.142 e. The zero-order valence-electron chi connectivity index (χ0n) is 11.4. The van der Waals surface area contributed by atoms with Crippen molar-refractivity contribution in [2.75, 3.05) is 12.4 Å². The molecular formula is C14H18BrN3O. The Morgan fingerprint density at radius 2 is 2.16 bits per heavy atom. The average Bonchev–Trinajstić information content (AvgIpc) is 2.77. The van der Waals surface area contributed by atoms with Gasteiger partial charge < -0.3 is 10.1 Å². The molecule has 19 heavy (non-hydrogen) atoms. The second kappa shape index (κ2) is 6.10. The summed E-state index contributed by atoms with van der Waals surface area (Å²) in [5.74, 6) is 0.836. The van der Waals surface area contributed by atoms with Crippen LogP contribution in [-0.4, -0.2) is 16.9 Å². The predicted molar refractivity (Wildman–Crippen MR) is 80.7 cm³/mol. The molecule has 1 aromatic carbocycles. The number of aryl methyl sites for hydroxylation is 2. The first kappa shape index (κ1) is 13.9. The van der Waals surface area contributed by atoms with Crippen LogP contribution >= 0.6 is 15.9 Å². The number of aromatic nitrogens is 2. The van der Waals surface area contributed by atoms with Crippen LogP contribution in [0, 0.1) is 6.92 Å². The molecule has 0 aliphatic carbocycles.